The summed E-state index contributed by atoms with van der Waals surface area (Å²) in [6.07, 6.45) is 4.81. The molecule has 3 rings (SSSR count). The molecule has 1 aromatic carbocycles. The van der Waals surface area contributed by atoms with Crippen molar-refractivity contribution >= 4 is 5.97 Å². The molecule has 0 aromatic heterocycles. The van der Waals surface area contributed by atoms with Crippen LogP contribution in [0.25, 0.3) is 0 Å². The van der Waals surface area contributed by atoms with E-state index in [0.29, 0.717) is 17.9 Å². The van der Waals surface area contributed by atoms with Gasteiger partial charge in [0.2, 0.25) is 0 Å². The second-order valence-corrected chi connectivity index (χ2v) is 6.21. The van der Waals surface area contributed by atoms with E-state index in [9.17, 15) is 4.79 Å². The first-order valence-corrected chi connectivity index (χ1v) is 7.59. The van der Waals surface area contributed by atoms with Crippen molar-refractivity contribution in [3.8, 4) is 0 Å². The molecular formula is C17H23NO2. The number of ether oxygens (including phenoxy) is 1. The van der Waals surface area contributed by atoms with Gasteiger partial charge in [-0.25, -0.2) is 0 Å². The predicted molar refractivity (Wildman–Crippen MR) is 78.5 cm³/mol. The Bertz CT molecular complexity index is 467. The van der Waals surface area contributed by atoms with Crippen LogP contribution in [0.15, 0.2) is 24.3 Å². The maximum atomic E-state index is 11.6. The highest BCUT2D eigenvalue weighted by atomic mass is 16.5. The average molecular weight is 273 g/mol. The lowest BCUT2D eigenvalue weighted by atomic mass is 9.94. The van der Waals surface area contributed by atoms with E-state index in [1.54, 1.807) is 0 Å². The molecule has 20 heavy (non-hydrogen) atoms. The number of esters is 1. The molecular weight excluding hydrogens is 250 g/mol. The third-order valence-electron chi connectivity index (χ3n) is 5.00. The number of carbonyl (C=O) groups excluding carboxylic acids is 1. The average Bonchev–Trinajstić information content (AvgIpc) is 2.73. The predicted octanol–water partition coefficient (Wildman–Crippen LogP) is 2.33. The molecule has 2 unspecified atom stereocenters. The standard InChI is InChI=1S/C17H23NO2/c1-11(17(19)20-2)18-16-14-7-8-15(16)10-13-6-4-3-5-12(13)9-14/h3-6,11,14-16,18H,7-10H2,1-2H3/t11-,14?,15?,16?/m0/s1. The van der Waals surface area contributed by atoms with Crippen molar-refractivity contribution < 1.29 is 9.53 Å². The van der Waals surface area contributed by atoms with Crippen molar-refractivity contribution in [2.24, 2.45) is 11.8 Å². The minimum absolute atomic E-state index is 0.161. The van der Waals surface area contributed by atoms with E-state index in [0.717, 1.165) is 12.8 Å². The quantitative estimate of drug-likeness (QED) is 0.859. The van der Waals surface area contributed by atoms with E-state index in [4.69, 9.17) is 4.74 Å². The van der Waals surface area contributed by atoms with Crippen molar-refractivity contribution in [2.45, 2.75) is 44.7 Å². The van der Waals surface area contributed by atoms with Gasteiger partial charge in [-0.3, -0.25) is 4.79 Å². The summed E-state index contributed by atoms with van der Waals surface area (Å²) in [5, 5.41) is 3.53. The first kappa shape index (κ1) is 13.6. The fourth-order valence-corrected chi connectivity index (χ4v) is 3.96. The number of nitrogens with one attached hydrogen (secondary N) is 1. The van der Waals surface area contributed by atoms with Gasteiger partial charge in [0, 0.05) is 6.04 Å². The SMILES string of the molecule is COC(=O)[C@H](C)NC1C2CCC1Cc1ccccc1C2. The number of benzene rings is 1. The van der Waals surface area contributed by atoms with E-state index >= 15 is 0 Å². The molecule has 108 valence electrons. The minimum atomic E-state index is -0.214. The fraction of sp³-hybridized carbons (Fsp3) is 0.588. The van der Waals surface area contributed by atoms with Crippen LogP contribution in [0.4, 0.5) is 0 Å². The molecule has 0 heterocycles. The van der Waals surface area contributed by atoms with Gasteiger partial charge in [0.1, 0.15) is 6.04 Å². The molecule has 0 aliphatic heterocycles. The van der Waals surface area contributed by atoms with Crippen LogP contribution in [0.5, 0.6) is 0 Å². The van der Waals surface area contributed by atoms with Crippen LogP contribution < -0.4 is 5.32 Å². The smallest absolute Gasteiger partial charge is 0.322 e. The van der Waals surface area contributed by atoms with E-state index in [2.05, 4.69) is 29.6 Å². The number of hydrogen-bond acceptors (Lipinski definition) is 3. The van der Waals surface area contributed by atoms with Gasteiger partial charge in [-0.05, 0) is 55.6 Å². The maximum absolute atomic E-state index is 11.6. The zero-order valence-corrected chi connectivity index (χ0v) is 12.3. The van der Waals surface area contributed by atoms with Crippen LogP contribution in [0, 0.1) is 11.8 Å². The van der Waals surface area contributed by atoms with Gasteiger partial charge in [0.05, 0.1) is 7.11 Å². The summed E-state index contributed by atoms with van der Waals surface area (Å²) in [7, 11) is 1.46. The largest absolute Gasteiger partial charge is 0.468 e. The molecule has 3 nitrogen and oxygen atoms in total. The molecule has 2 bridgehead atoms. The minimum Gasteiger partial charge on any atom is -0.468 e. The lowest BCUT2D eigenvalue weighted by Gasteiger charge is -2.26. The summed E-state index contributed by atoms with van der Waals surface area (Å²) >= 11 is 0. The summed E-state index contributed by atoms with van der Waals surface area (Å²) in [5.41, 5.74) is 2.99. The van der Waals surface area contributed by atoms with E-state index in [1.807, 2.05) is 6.92 Å². The zero-order valence-electron chi connectivity index (χ0n) is 12.3. The van der Waals surface area contributed by atoms with Gasteiger partial charge in [0.15, 0.2) is 0 Å². The van der Waals surface area contributed by atoms with E-state index < -0.39 is 0 Å². The van der Waals surface area contributed by atoms with E-state index in [1.165, 1.54) is 31.1 Å². The Morgan fingerprint density at radius 3 is 2.25 bits per heavy atom. The third kappa shape index (κ3) is 2.47. The second-order valence-electron chi connectivity index (χ2n) is 6.21. The Morgan fingerprint density at radius 2 is 1.75 bits per heavy atom. The molecule has 3 heteroatoms. The number of rotatable bonds is 3. The Morgan fingerprint density at radius 1 is 1.20 bits per heavy atom. The van der Waals surface area contributed by atoms with Gasteiger partial charge >= 0.3 is 5.97 Å². The summed E-state index contributed by atoms with van der Waals surface area (Å²) in [5.74, 6) is 1.14. The van der Waals surface area contributed by atoms with Gasteiger partial charge in [0.25, 0.3) is 0 Å². The van der Waals surface area contributed by atoms with E-state index in [-0.39, 0.29) is 12.0 Å². The van der Waals surface area contributed by atoms with Gasteiger partial charge in [-0.1, -0.05) is 24.3 Å². The van der Waals surface area contributed by atoms with Gasteiger partial charge < -0.3 is 10.1 Å². The molecule has 1 N–H and O–H groups in total. The molecule has 1 saturated carbocycles. The summed E-state index contributed by atoms with van der Waals surface area (Å²) < 4.78 is 4.84. The molecule has 1 fully saturated rings. The van der Waals surface area contributed by atoms with Crippen molar-refractivity contribution in [2.75, 3.05) is 7.11 Å². The molecule has 3 atom stereocenters. The fourth-order valence-electron chi connectivity index (χ4n) is 3.96. The normalized spacial score (nSPS) is 29.4. The van der Waals surface area contributed by atoms with Crippen molar-refractivity contribution in [3.05, 3.63) is 35.4 Å². The van der Waals surface area contributed by atoms with Crippen LogP contribution in [-0.4, -0.2) is 25.2 Å². The summed E-state index contributed by atoms with van der Waals surface area (Å²) in [6, 6.07) is 9.02. The molecule has 0 radical (unpaired) electrons. The van der Waals surface area contributed by atoms with Crippen molar-refractivity contribution in [1.29, 1.82) is 0 Å². The van der Waals surface area contributed by atoms with Gasteiger partial charge in [-0.15, -0.1) is 0 Å². The Balaban J connectivity index is 1.77. The third-order valence-corrected chi connectivity index (χ3v) is 5.00. The van der Waals surface area contributed by atoms with Gasteiger partial charge in [-0.2, -0.15) is 0 Å². The van der Waals surface area contributed by atoms with Crippen LogP contribution >= 0.6 is 0 Å². The molecule has 2 aliphatic carbocycles. The Hall–Kier alpha value is -1.35. The maximum Gasteiger partial charge on any atom is 0.322 e. The highest BCUT2D eigenvalue weighted by Crippen LogP contribution is 2.40. The topological polar surface area (TPSA) is 38.3 Å². The highest BCUT2D eigenvalue weighted by molar-refractivity contribution is 5.75. The molecule has 1 aromatic rings. The number of hydrogen-bond donors (Lipinski definition) is 1. The number of fused-ring (bicyclic) bond motifs is 3. The summed E-state index contributed by atoms with van der Waals surface area (Å²) in [4.78, 5) is 11.6. The van der Waals surface area contributed by atoms with Crippen LogP contribution in [0.2, 0.25) is 0 Å². The van der Waals surface area contributed by atoms with Crippen molar-refractivity contribution in [1.82, 2.24) is 5.32 Å². The van der Waals surface area contributed by atoms with Crippen LogP contribution in [0.3, 0.4) is 0 Å². The first-order valence-electron chi connectivity index (χ1n) is 7.59. The Labute approximate surface area is 120 Å². The number of carbonyl (C=O) groups is 1. The number of methoxy groups -OCH3 is 1. The lowest BCUT2D eigenvalue weighted by Crippen LogP contribution is -2.46. The lowest BCUT2D eigenvalue weighted by molar-refractivity contribution is -0.143. The molecule has 0 amide bonds. The highest BCUT2D eigenvalue weighted by Gasteiger charge is 2.39. The molecule has 0 spiro atoms. The van der Waals surface area contributed by atoms with Crippen LogP contribution in [0.1, 0.15) is 30.9 Å². The summed E-state index contributed by atoms with van der Waals surface area (Å²) in [6.45, 7) is 1.91. The van der Waals surface area contributed by atoms with Crippen LogP contribution in [-0.2, 0) is 22.4 Å². The zero-order chi connectivity index (χ0) is 14.1. The van der Waals surface area contributed by atoms with Crippen molar-refractivity contribution in [3.63, 3.8) is 0 Å². The molecule has 0 saturated heterocycles. The first-order chi connectivity index (χ1) is 9.69. The molecule has 2 aliphatic rings. The second kappa shape index (κ2) is 5.57. The Kier molecular flexibility index (Phi) is 3.79. The monoisotopic (exact) mass is 273 g/mol.